The molecule has 0 aliphatic carbocycles. The predicted molar refractivity (Wildman–Crippen MR) is 172 cm³/mol. The van der Waals surface area contributed by atoms with Crippen molar-refractivity contribution in [3.8, 4) is 5.75 Å². The molecule has 6 nitrogen and oxygen atoms in total. The molecule has 5 rings (SSSR count). The number of ether oxygens (including phenoxy) is 1. The summed E-state index contributed by atoms with van der Waals surface area (Å²) in [6.45, 7) is 15.9. The van der Waals surface area contributed by atoms with Crippen molar-refractivity contribution in [1.82, 2.24) is 15.1 Å². The second kappa shape index (κ2) is 11.6. The normalized spacial score (nSPS) is 22.7. The van der Waals surface area contributed by atoms with Crippen molar-refractivity contribution >= 4 is 35.1 Å². The van der Waals surface area contributed by atoms with Crippen LogP contribution >= 0.6 is 23.2 Å². The highest BCUT2D eigenvalue weighted by Gasteiger charge is 2.60. The average Bonchev–Trinajstić information content (AvgIpc) is 3.21. The Hall–Kier alpha value is -3.06. The fourth-order valence-corrected chi connectivity index (χ4v) is 6.27. The molecule has 8 heteroatoms. The van der Waals surface area contributed by atoms with Gasteiger partial charge in [-0.15, -0.1) is 0 Å². The largest absolute Gasteiger partial charge is 0.493 e. The first-order valence-corrected chi connectivity index (χ1v) is 15.3. The van der Waals surface area contributed by atoms with Crippen molar-refractivity contribution in [2.75, 3.05) is 32.8 Å². The summed E-state index contributed by atoms with van der Waals surface area (Å²) in [7, 11) is 0. The Kier molecular flexibility index (Phi) is 8.36. The van der Waals surface area contributed by atoms with Crippen LogP contribution < -0.4 is 10.1 Å². The number of benzene rings is 3. The van der Waals surface area contributed by atoms with Crippen LogP contribution in [0, 0.1) is 0 Å². The Morgan fingerprint density at radius 2 is 1.50 bits per heavy atom. The minimum Gasteiger partial charge on any atom is -0.493 e. The quantitative estimate of drug-likeness (QED) is 0.325. The van der Waals surface area contributed by atoms with Gasteiger partial charge in [-0.1, -0.05) is 74.3 Å². The maximum Gasteiger partial charge on any atom is 0.326 e. The molecule has 2 amide bonds. The Morgan fingerprint density at radius 1 is 0.929 bits per heavy atom. The van der Waals surface area contributed by atoms with E-state index in [-0.39, 0.29) is 11.4 Å². The lowest BCUT2D eigenvalue weighted by Crippen LogP contribution is -2.60. The second-order valence-electron chi connectivity index (χ2n) is 12.3. The van der Waals surface area contributed by atoms with Crippen LogP contribution in [0.15, 0.2) is 71.7 Å². The molecule has 1 fully saturated rings. The lowest BCUT2D eigenvalue weighted by atomic mass is 9.71. The highest BCUT2D eigenvalue weighted by molar-refractivity contribution is 6.30. The molecule has 0 radical (unpaired) electrons. The van der Waals surface area contributed by atoms with E-state index < -0.39 is 11.1 Å². The first-order chi connectivity index (χ1) is 19.9. The van der Waals surface area contributed by atoms with Gasteiger partial charge in [0.1, 0.15) is 22.7 Å². The average molecular weight is 608 g/mol. The molecule has 0 saturated carbocycles. The van der Waals surface area contributed by atoms with Crippen LogP contribution in [0.25, 0.3) is 0 Å². The van der Waals surface area contributed by atoms with Gasteiger partial charge in [0.2, 0.25) is 0 Å². The number of amides is 2. The molecule has 2 atom stereocenters. The van der Waals surface area contributed by atoms with E-state index in [1.807, 2.05) is 65.3 Å². The van der Waals surface area contributed by atoms with E-state index >= 15 is 0 Å². The summed E-state index contributed by atoms with van der Waals surface area (Å²) in [6, 6.07) is 21.7. The van der Waals surface area contributed by atoms with Gasteiger partial charge in [-0.25, -0.2) is 4.79 Å². The number of halogens is 2. The third-order valence-electron chi connectivity index (χ3n) is 8.72. The van der Waals surface area contributed by atoms with Crippen molar-refractivity contribution in [2.24, 2.45) is 4.99 Å². The number of carbonyl (C=O) groups is 1. The van der Waals surface area contributed by atoms with E-state index in [0.29, 0.717) is 41.3 Å². The van der Waals surface area contributed by atoms with E-state index in [4.69, 9.17) is 32.9 Å². The number of piperazine rings is 1. The summed E-state index contributed by atoms with van der Waals surface area (Å²) < 4.78 is 6.26. The monoisotopic (exact) mass is 606 g/mol. The first-order valence-electron chi connectivity index (χ1n) is 14.6. The molecule has 2 heterocycles. The van der Waals surface area contributed by atoms with Gasteiger partial charge in [0.25, 0.3) is 0 Å². The number of nitrogens with zero attached hydrogens (tertiary/aromatic N) is 3. The zero-order valence-electron chi connectivity index (χ0n) is 25.3. The van der Waals surface area contributed by atoms with Gasteiger partial charge in [0.15, 0.2) is 0 Å². The molecule has 1 saturated heterocycles. The minimum absolute atomic E-state index is 0.0756. The van der Waals surface area contributed by atoms with Gasteiger partial charge in [-0.3, -0.25) is 9.89 Å². The predicted octanol–water partition coefficient (Wildman–Crippen LogP) is 7.61. The topological polar surface area (TPSA) is 57.2 Å². The molecule has 0 aromatic heterocycles. The number of carbonyl (C=O) groups excluding carboxylic acids is 1. The molecule has 222 valence electrons. The highest BCUT2D eigenvalue weighted by atomic mass is 35.5. The summed E-state index contributed by atoms with van der Waals surface area (Å²) in [5.41, 5.74) is 1.93. The number of urea groups is 1. The lowest BCUT2D eigenvalue weighted by molar-refractivity contribution is 0.104. The van der Waals surface area contributed by atoms with Crippen LogP contribution in [0.4, 0.5) is 4.79 Å². The molecular formula is C34H40Cl2N4O2. The van der Waals surface area contributed by atoms with E-state index in [1.165, 1.54) is 0 Å². The number of nitrogens with one attached hydrogen (secondary N) is 1. The van der Waals surface area contributed by atoms with Crippen molar-refractivity contribution < 1.29 is 9.53 Å². The molecule has 1 N–H and O–H groups in total. The van der Waals surface area contributed by atoms with Gasteiger partial charge >= 0.3 is 6.03 Å². The van der Waals surface area contributed by atoms with Gasteiger partial charge in [-0.2, -0.15) is 0 Å². The molecule has 3 aromatic rings. The molecule has 42 heavy (non-hydrogen) atoms. The smallest absolute Gasteiger partial charge is 0.326 e. The van der Waals surface area contributed by atoms with E-state index in [0.717, 1.165) is 35.3 Å². The van der Waals surface area contributed by atoms with Crippen molar-refractivity contribution in [2.45, 2.75) is 58.0 Å². The van der Waals surface area contributed by atoms with Crippen LogP contribution in [-0.4, -0.2) is 54.5 Å². The summed E-state index contributed by atoms with van der Waals surface area (Å²) in [6.07, 6.45) is 0. The maximum absolute atomic E-state index is 14.8. The third-order valence-corrected chi connectivity index (χ3v) is 9.22. The fraction of sp³-hybridized carbons (Fsp3) is 0.412. The Balaban J connectivity index is 1.80. The second-order valence-corrected chi connectivity index (χ2v) is 13.2. The highest BCUT2D eigenvalue weighted by Crippen LogP contribution is 2.54. The van der Waals surface area contributed by atoms with Crippen molar-refractivity contribution in [1.29, 1.82) is 0 Å². The van der Waals surface area contributed by atoms with Gasteiger partial charge in [0, 0.05) is 36.2 Å². The van der Waals surface area contributed by atoms with Crippen LogP contribution in [-0.2, 0) is 16.5 Å². The fourth-order valence-electron chi connectivity index (χ4n) is 6.01. The van der Waals surface area contributed by atoms with Crippen LogP contribution in [0.3, 0.4) is 0 Å². The zero-order chi connectivity index (χ0) is 30.3. The summed E-state index contributed by atoms with van der Waals surface area (Å²) in [5, 5.41) is 4.64. The standard InChI is InChI=1S/C34H40Cl2N4O2/c1-7-42-29-22-25(32(2,3)4)12-17-28(29)30-38-33(5,23-8-13-26(35)14-9-23)34(6,24-10-15-27(36)16-11-24)40(30)31(41)39-20-18-37-19-21-39/h8-17,22,37H,7,18-21H2,1-6H3/t33-,34?/m0/s1. The van der Waals surface area contributed by atoms with Crippen molar-refractivity contribution in [3.63, 3.8) is 0 Å². The third kappa shape index (κ3) is 5.29. The summed E-state index contributed by atoms with van der Waals surface area (Å²) in [5.74, 6) is 1.29. The summed E-state index contributed by atoms with van der Waals surface area (Å²) >= 11 is 12.7. The van der Waals surface area contributed by atoms with Crippen molar-refractivity contribution in [3.05, 3.63) is 99.0 Å². The molecule has 2 aliphatic heterocycles. The SMILES string of the molecule is CCOc1cc(C(C)(C)C)ccc1C1=N[C@@](C)(c2ccc(Cl)cc2)C(C)(c2ccc(Cl)cc2)N1C(=O)N1CCNCC1. The summed E-state index contributed by atoms with van der Waals surface area (Å²) in [4.78, 5) is 24.1. The van der Waals surface area contributed by atoms with Gasteiger partial charge in [-0.05, 0) is 79.3 Å². The first kappa shape index (κ1) is 30.4. The number of rotatable bonds is 5. The number of hydrogen-bond donors (Lipinski definition) is 1. The Bertz CT molecular complexity index is 1480. The Morgan fingerprint density at radius 3 is 2.05 bits per heavy atom. The lowest BCUT2D eigenvalue weighted by Gasteiger charge is -2.47. The van der Waals surface area contributed by atoms with Gasteiger partial charge in [0.05, 0.1) is 12.2 Å². The molecule has 2 aliphatic rings. The molecule has 0 spiro atoms. The molecule has 0 bridgehead atoms. The van der Waals surface area contributed by atoms with Crippen LogP contribution in [0.5, 0.6) is 5.75 Å². The zero-order valence-corrected chi connectivity index (χ0v) is 26.8. The van der Waals surface area contributed by atoms with E-state index in [2.05, 4.69) is 58.1 Å². The van der Waals surface area contributed by atoms with E-state index in [1.54, 1.807) is 0 Å². The van der Waals surface area contributed by atoms with E-state index in [9.17, 15) is 4.79 Å². The Labute approximate surface area is 259 Å². The number of hydrogen-bond acceptors (Lipinski definition) is 4. The minimum atomic E-state index is -0.922. The number of amidine groups is 1. The van der Waals surface area contributed by atoms with Gasteiger partial charge < -0.3 is 15.0 Å². The molecule has 1 unspecified atom stereocenters. The van der Waals surface area contributed by atoms with Crippen LogP contribution in [0.1, 0.15) is 63.8 Å². The molecule has 3 aromatic carbocycles. The maximum atomic E-state index is 14.8. The van der Waals surface area contributed by atoms with Crippen LogP contribution in [0.2, 0.25) is 10.0 Å². The molecular weight excluding hydrogens is 567 g/mol. The number of aliphatic imine (C=N–C) groups is 1.